The van der Waals surface area contributed by atoms with Gasteiger partial charge in [-0.25, -0.2) is 0 Å². The third kappa shape index (κ3) is 2.64. The zero-order valence-corrected chi connectivity index (χ0v) is 14.0. The van der Waals surface area contributed by atoms with Gasteiger partial charge < -0.3 is 9.80 Å². The molecule has 3 nitrogen and oxygen atoms in total. The average molecular weight is 326 g/mol. The molecule has 2 aliphatic heterocycles. The normalized spacial score (nSPS) is 21.2. The molecule has 0 aromatic heterocycles. The monoisotopic (exact) mass is 325 g/mol. The standard InChI is InChI=1S/C19H20ClN3/c1-22-10-11-23-14(13-22)12-21-19(15-6-2-4-8-17(15)20)16-7-3-5-9-18(16)23/h2-9,14H,10-13H2,1H3. The number of likely N-dealkylation sites (N-methyl/N-ethyl adjacent to an activating group) is 1. The maximum Gasteiger partial charge on any atom is 0.0755 e. The van der Waals surface area contributed by atoms with Crippen LogP contribution in [-0.4, -0.2) is 49.9 Å². The first-order chi connectivity index (χ1) is 11.2. The van der Waals surface area contributed by atoms with E-state index in [1.54, 1.807) is 0 Å². The van der Waals surface area contributed by atoms with E-state index in [1.165, 1.54) is 11.3 Å². The number of piperazine rings is 1. The van der Waals surface area contributed by atoms with Crippen LogP contribution >= 0.6 is 11.6 Å². The van der Waals surface area contributed by atoms with Gasteiger partial charge in [-0.3, -0.25) is 4.99 Å². The van der Waals surface area contributed by atoms with Gasteiger partial charge in [-0.05, 0) is 19.2 Å². The number of rotatable bonds is 1. The van der Waals surface area contributed by atoms with Crippen molar-refractivity contribution in [3.8, 4) is 0 Å². The molecule has 0 radical (unpaired) electrons. The zero-order chi connectivity index (χ0) is 15.8. The van der Waals surface area contributed by atoms with Crippen LogP contribution in [0.1, 0.15) is 11.1 Å². The van der Waals surface area contributed by atoms with Crippen molar-refractivity contribution < 1.29 is 0 Å². The van der Waals surface area contributed by atoms with E-state index in [2.05, 4.69) is 47.2 Å². The van der Waals surface area contributed by atoms with E-state index >= 15 is 0 Å². The third-order valence-electron chi connectivity index (χ3n) is 4.74. The maximum atomic E-state index is 6.45. The Labute approximate surface area is 142 Å². The molecular formula is C19H20ClN3. The number of nitrogens with zero attached hydrogens (tertiary/aromatic N) is 3. The van der Waals surface area contributed by atoms with Crippen LogP contribution in [0, 0.1) is 0 Å². The van der Waals surface area contributed by atoms with Gasteiger partial charge in [0.25, 0.3) is 0 Å². The van der Waals surface area contributed by atoms with Crippen molar-refractivity contribution in [1.29, 1.82) is 0 Å². The molecule has 2 aromatic rings. The first-order valence-electron chi connectivity index (χ1n) is 8.08. The molecule has 1 atom stereocenters. The topological polar surface area (TPSA) is 18.8 Å². The van der Waals surface area contributed by atoms with Crippen LogP contribution in [0.15, 0.2) is 53.5 Å². The summed E-state index contributed by atoms with van der Waals surface area (Å²) in [6, 6.07) is 17.0. The van der Waals surface area contributed by atoms with Crippen molar-refractivity contribution in [3.63, 3.8) is 0 Å². The number of hydrogen-bond donors (Lipinski definition) is 0. The van der Waals surface area contributed by atoms with Crippen LogP contribution in [0.2, 0.25) is 5.02 Å². The highest BCUT2D eigenvalue weighted by atomic mass is 35.5. The lowest BCUT2D eigenvalue weighted by atomic mass is 9.99. The smallest absolute Gasteiger partial charge is 0.0755 e. The van der Waals surface area contributed by atoms with Crippen LogP contribution in [0.4, 0.5) is 5.69 Å². The minimum atomic E-state index is 0.426. The summed E-state index contributed by atoms with van der Waals surface area (Å²) in [6.07, 6.45) is 0. The Bertz CT molecular complexity index is 756. The second-order valence-corrected chi connectivity index (χ2v) is 6.70. The number of benzene rings is 2. The van der Waals surface area contributed by atoms with Crippen molar-refractivity contribution in [2.45, 2.75) is 6.04 Å². The third-order valence-corrected chi connectivity index (χ3v) is 5.07. The lowest BCUT2D eigenvalue weighted by Crippen LogP contribution is -2.53. The molecule has 2 aliphatic rings. The summed E-state index contributed by atoms with van der Waals surface area (Å²) in [6.45, 7) is 3.99. The van der Waals surface area contributed by atoms with E-state index in [0.717, 1.165) is 42.5 Å². The first-order valence-corrected chi connectivity index (χ1v) is 8.46. The molecule has 0 N–H and O–H groups in total. The minimum absolute atomic E-state index is 0.426. The van der Waals surface area contributed by atoms with Crippen LogP contribution in [-0.2, 0) is 0 Å². The number of aliphatic imine (C=N–C) groups is 1. The SMILES string of the molecule is CN1CCN2c3ccccc3C(c3ccccc3Cl)=NCC2C1. The van der Waals surface area contributed by atoms with E-state index in [0.29, 0.717) is 6.04 Å². The van der Waals surface area contributed by atoms with Gasteiger partial charge in [-0.1, -0.05) is 48.0 Å². The quantitative estimate of drug-likeness (QED) is 0.801. The zero-order valence-electron chi connectivity index (χ0n) is 13.2. The van der Waals surface area contributed by atoms with Crippen LogP contribution in [0.25, 0.3) is 0 Å². The van der Waals surface area contributed by atoms with Gasteiger partial charge in [-0.2, -0.15) is 0 Å². The van der Waals surface area contributed by atoms with Crippen LogP contribution in [0.5, 0.6) is 0 Å². The fourth-order valence-electron chi connectivity index (χ4n) is 3.57. The summed E-state index contributed by atoms with van der Waals surface area (Å²) >= 11 is 6.45. The Kier molecular flexibility index (Phi) is 3.83. The molecule has 0 saturated carbocycles. The predicted molar refractivity (Wildman–Crippen MR) is 97.0 cm³/mol. The molecule has 0 spiro atoms. The van der Waals surface area contributed by atoms with Gasteiger partial charge in [0.15, 0.2) is 0 Å². The molecule has 2 heterocycles. The molecule has 0 aliphatic carbocycles. The molecule has 23 heavy (non-hydrogen) atoms. The summed E-state index contributed by atoms with van der Waals surface area (Å²) in [5.74, 6) is 0. The largest absolute Gasteiger partial charge is 0.364 e. The number of hydrogen-bond acceptors (Lipinski definition) is 3. The summed E-state index contributed by atoms with van der Waals surface area (Å²) < 4.78 is 0. The van der Waals surface area contributed by atoms with E-state index in [4.69, 9.17) is 16.6 Å². The van der Waals surface area contributed by atoms with Crippen molar-refractivity contribution >= 4 is 23.0 Å². The average Bonchev–Trinajstić information content (AvgIpc) is 2.72. The first kappa shape index (κ1) is 14.7. The number of para-hydroxylation sites is 1. The molecule has 0 bridgehead atoms. The summed E-state index contributed by atoms with van der Waals surface area (Å²) in [5.41, 5.74) is 4.51. The van der Waals surface area contributed by atoms with Gasteiger partial charge in [0.1, 0.15) is 0 Å². The molecule has 1 fully saturated rings. The summed E-state index contributed by atoms with van der Waals surface area (Å²) in [7, 11) is 2.19. The highest BCUT2D eigenvalue weighted by Gasteiger charge is 2.30. The Balaban J connectivity index is 1.86. The van der Waals surface area contributed by atoms with Crippen molar-refractivity contribution in [3.05, 3.63) is 64.7 Å². The highest BCUT2D eigenvalue weighted by molar-refractivity contribution is 6.35. The lowest BCUT2D eigenvalue weighted by molar-refractivity contribution is 0.270. The molecule has 4 heteroatoms. The van der Waals surface area contributed by atoms with Gasteiger partial charge in [0.2, 0.25) is 0 Å². The highest BCUT2D eigenvalue weighted by Crippen LogP contribution is 2.31. The van der Waals surface area contributed by atoms with Crippen LogP contribution in [0.3, 0.4) is 0 Å². The Hall–Kier alpha value is -1.84. The predicted octanol–water partition coefficient (Wildman–Crippen LogP) is 3.31. The summed E-state index contributed by atoms with van der Waals surface area (Å²) in [4.78, 5) is 9.88. The molecular weight excluding hydrogens is 306 g/mol. The van der Waals surface area contributed by atoms with Crippen molar-refractivity contribution in [1.82, 2.24) is 4.90 Å². The van der Waals surface area contributed by atoms with Gasteiger partial charge >= 0.3 is 0 Å². The molecule has 4 rings (SSSR count). The molecule has 118 valence electrons. The number of halogens is 1. The van der Waals surface area contributed by atoms with Crippen LogP contribution < -0.4 is 4.90 Å². The van der Waals surface area contributed by atoms with Crippen molar-refractivity contribution in [2.24, 2.45) is 4.99 Å². The second kappa shape index (κ2) is 5.99. The Morgan fingerprint density at radius 2 is 1.74 bits per heavy atom. The molecule has 2 aromatic carbocycles. The van der Waals surface area contributed by atoms with E-state index < -0.39 is 0 Å². The van der Waals surface area contributed by atoms with E-state index in [1.807, 2.05) is 18.2 Å². The van der Waals surface area contributed by atoms with Gasteiger partial charge in [-0.15, -0.1) is 0 Å². The fraction of sp³-hybridized carbons (Fsp3) is 0.316. The molecule has 1 saturated heterocycles. The minimum Gasteiger partial charge on any atom is -0.364 e. The van der Waals surface area contributed by atoms with E-state index in [-0.39, 0.29) is 0 Å². The molecule has 1 unspecified atom stereocenters. The van der Waals surface area contributed by atoms with E-state index in [9.17, 15) is 0 Å². The summed E-state index contributed by atoms with van der Waals surface area (Å²) in [5, 5.41) is 0.762. The van der Waals surface area contributed by atoms with Gasteiger partial charge in [0.05, 0.1) is 18.3 Å². The Morgan fingerprint density at radius 1 is 1.00 bits per heavy atom. The molecule has 0 amide bonds. The number of fused-ring (bicyclic) bond motifs is 3. The Morgan fingerprint density at radius 3 is 2.57 bits per heavy atom. The number of anilines is 1. The van der Waals surface area contributed by atoms with Gasteiger partial charge in [0, 0.05) is 41.5 Å². The second-order valence-electron chi connectivity index (χ2n) is 6.30. The van der Waals surface area contributed by atoms with Crippen molar-refractivity contribution in [2.75, 3.05) is 38.1 Å². The maximum absolute atomic E-state index is 6.45. The lowest BCUT2D eigenvalue weighted by Gasteiger charge is -2.40. The fourth-order valence-corrected chi connectivity index (χ4v) is 3.80.